The lowest BCUT2D eigenvalue weighted by Gasteiger charge is -2.12. The van der Waals surface area contributed by atoms with Crippen LogP contribution in [0, 0.1) is 12.7 Å². The van der Waals surface area contributed by atoms with E-state index in [1.807, 2.05) is 6.07 Å². The predicted molar refractivity (Wildman–Crippen MR) is 83.7 cm³/mol. The molecule has 0 atom stereocenters. The van der Waals surface area contributed by atoms with Gasteiger partial charge in [0.15, 0.2) is 0 Å². The fourth-order valence-corrected chi connectivity index (χ4v) is 2.76. The van der Waals surface area contributed by atoms with Gasteiger partial charge in [-0.05, 0) is 42.8 Å². The zero-order chi connectivity index (χ0) is 14.5. The Morgan fingerprint density at radius 2 is 1.80 bits per heavy atom. The highest BCUT2D eigenvalue weighted by Gasteiger charge is 2.07. The molecule has 0 saturated heterocycles. The Kier molecular flexibility index (Phi) is 5.21. The van der Waals surface area contributed by atoms with Crippen molar-refractivity contribution in [2.75, 3.05) is 0 Å². The molecular formula is C17H20FNS. The van der Waals surface area contributed by atoms with Gasteiger partial charge in [-0.1, -0.05) is 43.3 Å². The van der Waals surface area contributed by atoms with Gasteiger partial charge in [-0.25, -0.2) is 4.39 Å². The topological polar surface area (TPSA) is 12.0 Å². The normalized spacial score (nSPS) is 11.1. The van der Waals surface area contributed by atoms with Crippen LogP contribution in [0.2, 0.25) is 0 Å². The minimum absolute atomic E-state index is 0.182. The number of aryl methyl sites for hydroxylation is 1. The summed E-state index contributed by atoms with van der Waals surface area (Å²) in [5, 5.41) is 3.34. The summed E-state index contributed by atoms with van der Waals surface area (Å²) in [5.74, 6) is -0.182. The van der Waals surface area contributed by atoms with E-state index in [4.69, 9.17) is 0 Å². The average Bonchev–Trinajstić information content (AvgIpc) is 2.41. The standard InChI is InChI=1S/C17H20FNS/c1-12(2)19-11-14-10-15(18)6-9-17(14)20-16-7-4-13(3)5-8-16/h4-10,12,19H,11H2,1-3H3. The van der Waals surface area contributed by atoms with Gasteiger partial charge in [-0.15, -0.1) is 0 Å². The van der Waals surface area contributed by atoms with Crippen molar-refractivity contribution in [2.24, 2.45) is 0 Å². The van der Waals surface area contributed by atoms with E-state index in [9.17, 15) is 4.39 Å². The Balaban J connectivity index is 2.19. The maximum atomic E-state index is 13.4. The first kappa shape index (κ1) is 15.1. The van der Waals surface area contributed by atoms with E-state index >= 15 is 0 Å². The fraction of sp³-hybridized carbons (Fsp3) is 0.294. The van der Waals surface area contributed by atoms with Crippen molar-refractivity contribution in [3.8, 4) is 0 Å². The van der Waals surface area contributed by atoms with Gasteiger partial charge in [0.25, 0.3) is 0 Å². The van der Waals surface area contributed by atoms with Gasteiger partial charge in [-0.3, -0.25) is 0 Å². The Labute approximate surface area is 124 Å². The third-order valence-electron chi connectivity index (χ3n) is 2.97. The quantitative estimate of drug-likeness (QED) is 0.850. The molecule has 0 unspecified atom stereocenters. The predicted octanol–water partition coefficient (Wildman–Crippen LogP) is 4.78. The third-order valence-corrected chi connectivity index (χ3v) is 4.10. The second-order valence-electron chi connectivity index (χ2n) is 5.20. The van der Waals surface area contributed by atoms with Crippen molar-refractivity contribution >= 4 is 11.8 Å². The maximum absolute atomic E-state index is 13.4. The van der Waals surface area contributed by atoms with E-state index in [1.54, 1.807) is 17.8 Å². The Morgan fingerprint density at radius 3 is 2.45 bits per heavy atom. The summed E-state index contributed by atoms with van der Waals surface area (Å²) in [6, 6.07) is 13.8. The molecule has 0 aliphatic rings. The van der Waals surface area contributed by atoms with Gasteiger partial charge >= 0.3 is 0 Å². The largest absolute Gasteiger partial charge is 0.310 e. The van der Waals surface area contributed by atoms with E-state index in [0.717, 1.165) is 10.5 Å². The first-order valence-corrected chi connectivity index (χ1v) is 7.62. The summed E-state index contributed by atoms with van der Waals surface area (Å²) in [6.07, 6.45) is 0. The number of hydrogen-bond acceptors (Lipinski definition) is 2. The van der Waals surface area contributed by atoms with Gasteiger partial charge in [0.05, 0.1) is 0 Å². The molecule has 0 aromatic heterocycles. The van der Waals surface area contributed by atoms with Gasteiger partial charge < -0.3 is 5.32 Å². The van der Waals surface area contributed by atoms with Crippen LogP contribution >= 0.6 is 11.8 Å². The van der Waals surface area contributed by atoms with Crippen molar-refractivity contribution in [1.29, 1.82) is 0 Å². The van der Waals surface area contributed by atoms with Crippen LogP contribution in [0.15, 0.2) is 52.3 Å². The van der Waals surface area contributed by atoms with E-state index in [-0.39, 0.29) is 5.82 Å². The highest BCUT2D eigenvalue weighted by molar-refractivity contribution is 7.99. The second-order valence-corrected chi connectivity index (χ2v) is 6.32. The number of nitrogens with one attached hydrogen (secondary N) is 1. The summed E-state index contributed by atoms with van der Waals surface area (Å²) in [6.45, 7) is 6.94. The lowest BCUT2D eigenvalue weighted by molar-refractivity contribution is 0.576. The van der Waals surface area contributed by atoms with Crippen molar-refractivity contribution in [3.05, 3.63) is 59.4 Å². The third kappa shape index (κ3) is 4.36. The lowest BCUT2D eigenvalue weighted by atomic mass is 10.2. The molecule has 0 aliphatic carbocycles. The van der Waals surface area contributed by atoms with Crippen LogP contribution in [0.1, 0.15) is 25.0 Å². The van der Waals surface area contributed by atoms with E-state index < -0.39 is 0 Å². The molecule has 1 nitrogen and oxygen atoms in total. The molecule has 0 amide bonds. The molecule has 0 radical (unpaired) electrons. The molecule has 20 heavy (non-hydrogen) atoms. The first-order valence-electron chi connectivity index (χ1n) is 6.81. The minimum Gasteiger partial charge on any atom is -0.310 e. The van der Waals surface area contributed by atoms with Gasteiger partial charge in [-0.2, -0.15) is 0 Å². The fourth-order valence-electron chi connectivity index (χ4n) is 1.83. The zero-order valence-electron chi connectivity index (χ0n) is 12.1. The molecule has 0 saturated carbocycles. The monoisotopic (exact) mass is 289 g/mol. The first-order chi connectivity index (χ1) is 9.54. The Hall–Kier alpha value is -1.32. The van der Waals surface area contributed by atoms with Crippen LogP contribution in [-0.2, 0) is 6.54 Å². The van der Waals surface area contributed by atoms with Crippen LogP contribution < -0.4 is 5.32 Å². The van der Waals surface area contributed by atoms with E-state index in [1.165, 1.54) is 16.5 Å². The molecule has 1 N–H and O–H groups in total. The number of benzene rings is 2. The lowest BCUT2D eigenvalue weighted by Crippen LogP contribution is -2.22. The highest BCUT2D eigenvalue weighted by Crippen LogP contribution is 2.31. The Bertz CT molecular complexity index is 564. The van der Waals surface area contributed by atoms with Crippen LogP contribution in [0.3, 0.4) is 0 Å². The molecule has 2 aromatic carbocycles. The van der Waals surface area contributed by atoms with Crippen molar-refractivity contribution in [3.63, 3.8) is 0 Å². The van der Waals surface area contributed by atoms with Crippen molar-refractivity contribution in [2.45, 2.75) is 43.1 Å². The summed E-state index contributed by atoms with van der Waals surface area (Å²) in [4.78, 5) is 2.27. The molecule has 0 fully saturated rings. The van der Waals surface area contributed by atoms with Gasteiger partial charge in [0.2, 0.25) is 0 Å². The zero-order valence-corrected chi connectivity index (χ0v) is 12.9. The summed E-state index contributed by atoms with van der Waals surface area (Å²) >= 11 is 1.68. The SMILES string of the molecule is Cc1ccc(Sc2ccc(F)cc2CNC(C)C)cc1. The molecule has 0 heterocycles. The smallest absolute Gasteiger partial charge is 0.123 e. The van der Waals surface area contributed by atoms with Crippen molar-refractivity contribution in [1.82, 2.24) is 5.32 Å². The highest BCUT2D eigenvalue weighted by atomic mass is 32.2. The van der Waals surface area contributed by atoms with Crippen LogP contribution in [-0.4, -0.2) is 6.04 Å². The van der Waals surface area contributed by atoms with E-state index in [2.05, 4.69) is 50.4 Å². The van der Waals surface area contributed by atoms with Crippen LogP contribution in [0.4, 0.5) is 4.39 Å². The Morgan fingerprint density at radius 1 is 1.10 bits per heavy atom. The van der Waals surface area contributed by atoms with Gasteiger partial charge in [0.1, 0.15) is 5.82 Å². The van der Waals surface area contributed by atoms with E-state index in [0.29, 0.717) is 12.6 Å². The molecule has 106 valence electrons. The summed E-state index contributed by atoms with van der Waals surface area (Å²) in [7, 11) is 0. The average molecular weight is 289 g/mol. The minimum atomic E-state index is -0.182. The molecule has 2 rings (SSSR count). The molecule has 3 heteroatoms. The number of rotatable bonds is 5. The summed E-state index contributed by atoms with van der Waals surface area (Å²) < 4.78 is 13.4. The molecule has 2 aromatic rings. The van der Waals surface area contributed by atoms with Crippen LogP contribution in [0.5, 0.6) is 0 Å². The number of halogens is 1. The molecule has 0 spiro atoms. The molecule has 0 aliphatic heterocycles. The van der Waals surface area contributed by atoms with Crippen LogP contribution in [0.25, 0.3) is 0 Å². The second kappa shape index (κ2) is 6.91. The van der Waals surface area contributed by atoms with Crippen molar-refractivity contribution < 1.29 is 4.39 Å². The van der Waals surface area contributed by atoms with Gasteiger partial charge in [0, 0.05) is 22.4 Å². The molecular weight excluding hydrogens is 269 g/mol. The maximum Gasteiger partial charge on any atom is 0.123 e. The molecule has 0 bridgehead atoms. The number of hydrogen-bond donors (Lipinski definition) is 1. The summed E-state index contributed by atoms with van der Waals surface area (Å²) in [5.41, 5.74) is 2.25.